The average molecular weight is 775 g/mol. The van der Waals surface area contributed by atoms with Crippen LogP contribution in [0, 0.1) is 0 Å². The maximum atomic E-state index is 6.77. The Bertz CT molecular complexity index is 3360. The number of ether oxygens (including phenoxy) is 1. The van der Waals surface area contributed by atoms with Crippen molar-refractivity contribution in [3.8, 4) is 56.0 Å². The molecule has 0 bridgehead atoms. The molecule has 0 aromatic heterocycles. The fourth-order valence-corrected chi connectivity index (χ4v) is 11.5. The predicted octanol–water partition coefficient (Wildman–Crippen LogP) is 15.0. The van der Waals surface area contributed by atoms with Gasteiger partial charge >= 0.3 is 0 Å². The molecule has 284 valence electrons. The van der Waals surface area contributed by atoms with Crippen molar-refractivity contribution < 1.29 is 4.74 Å². The van der Waals surface area contributed by atoms with Crippen LogP contribution in [0.5, 0.6) is 11.5 Å². The van der Waals surface area contributed by atoms with Gasteiger partial charge in [0.1, 0.15) is 11.5 Å². The normalized spacial score (nSPS) is 15.9. The highest BCUT2D eigenvalue weighted by molar-refractivity contribution is 6.05. The van der Waals surface area contributed by atoms with Crippen LogP contribution >= 0.6 is 0 Å². The van der Waals surface area contributed by atoms with E-state index in [-0.39, 0.29) is 0 Å². The summed E-state index contributed by atoms with van der Waals surface area (Å²) < 4.78 is 6.77. The lowest BCUT2D eigenvalue weighted by molar-refractivity contribution is 0.434. The summed E-state index contributed by atoms with van der Waals surface area (Å²) in [5.41, 5.74) is 19.1. The van der Waals surface area contributed by atoms with E-state index >= 15 is 0 Å². The summed E-state index contributed by atoms with van der Waals surface area (Å²) in [6.07, 6.45) is 0. The fourth-order valence-electron chi connectivity index (χ4n) is 11.5. The van der Waals surface area contributed by atoms with Crippen molar-refractivity contribution >= 4 is 10.8 Å². The first-order valence-corrected chi connectivity index (χ1v) is 21.3. The summed E-state index contributed by atoms with van der Waals surface area (Å²) >= 11 is 0. The lowest BCUT2D eigenvalue weighted by atomic mass is 9.63. The maximum Gasteiger partial charge on any atom is 0.132 e. The molecule has 0 fully saturated rings. The molecule has 10 aromatic rings. The standard InChI is InChI=1S/C60H38O/c1-3-20-43(21-4-1)59(44-22-5-2-6-23-44)52-30-13-14-32-55(52)61-56-36-34-41(38-54(56)59)40-18-15-19-42(37-40)45-27-16-31-53-57(45)49-26-10-12-29-51(49)60(53)50-28-11-9-25-47(50)48-35-33-39-17-7-8-24-46(39)58(48)60/h1-38H. The van der Waals surface area contributed by atoms with Crippen LogP contribution in [0.15, 0.2) is 231 Å². The van der Waals surface area contributed by atoms with Crippen molar-refractivity contribution in [3.63, 3.8) is 0 Å². The van der Waals surface area contributed by atoms with E-state index in [1.807, 2.05) is 0 Å². The van der Waals surface area contributed by atoms with Crippen LogP contribution in [0.1, 0.15) is 44.5 Å². The third-order valence-electron chi connectivity index (χ3n) is 13.8. The van der Waals surface area contributed by atoms with Crippen molar-refractivity contribution in [2.24, 2.45) is 0 Å². The summed E-state index contributed by atoms with van der Waals surface area (Å²) in [7, 11) is 0. The molecule has 1 aliphatic heterocycles. The van der Waals surface area contributed by atoms with Gasteiger partial charge in [0.05, 0.1) is 10.8 Å². The molecule has 1 unspecified atom stereocenters. The second kappa shape index (κ2) is 12.9. The molecule has 0 radical (unpaired) electrons. The summed E-state index contributed by atoms with van der Waals surface area (Å²) in [5.74, 6) is 1.76. The van der Waals surface area contributed by atoms with Crippen LogP contribution < -0.4 is 4.74 Å². The second-order valence-electron chi connectivity index (χ2n) is 16.7. The molecule has 61 heavy (non-hydrogen) atoms. The summed E-state index contributed by atoms with van der Waals surface area (Å²) in [4.78, 5) is 0. The Morgan fingerprint density at radius 3 is 1.67 bits per heavy atom. The monoisotopic (exact) mass is 774 g/mol. The molecule has 1 heterocycles. The Kier molecular flexibility index (Phi) is 7.21. The van der Waals surface area contributed by atoms with Crippen molar-refractivity contribution in [2.45, 2.75) is 10.8 Å². The minimum atomic E-state index is -0.587. The van der Waals surface area contributed by atoms with Gasteiger partial charge in [-0.1, -0.05) is 206 Å². The van der Waals surface area contributed by atoms with Crippen LogP contribution in [-0.4, -0.2) is 0 Å². The van der Waals surface area contributed by atoms with E-state index in [2.05, 4.69) is 231 Å². The first-order chi connectivity index (χ1) is 30.3. The van der Waals surface area contributed by atoms with Gasteiger partial charge in [0.2, 0.25) is 0 Å². The molecule has 13 rings (SSSR count). The van der Waals surface area contributed by atoms with Crippen LogP contribution in [0.3, 0.4) is 0 Å². The highest BCUT2D eigenvalue weighted by Gasteiger charge is 2.53. The first kappa shape index (κ1) is 34.2. The highest BCUT2D eigenvalue weighted by Crippen LogP contribution is 2.65. The summed E-state index contributed by atoms with van der Waals surface area (Å²) in [5, 5.41) is 2.58. The average Bonchev–Trinajstić information content (AvgIpc) is 3.81. The Labute approximate surface area is 355 Å². The van der Waals surface area contributed by atoms with Gasteiger partial charge in [-0.25, -0.2) is 0 Å². The van der Waals surface area contributed by atoms with Crippen LogP contribution in [0.4, 0.5) is 0 Å². The summed E-state index contributed by atoms with van der Waals surface area (Å²) in [6.45, 7) is 0. The lowest BCUT2D eigenvalue weighted by Gasteiger charge is -2.41. The third-order valence-corrected chi connectivity index (χ3v) is 13.8. The number of benzene rings is 10. The number of hydrogen-bond donors (Lipinski definition) is 0. The second-order valence-corrected chi connectivity index (χ2v) is 16.7. The maximum absolute atomic E-state index is 6.77. The largest absolute Gasteiger partial charge is 0.457 e. The zero-order valence-corrected chi connectivity index (χ0v) is 33.3. The Morgan fingerprint density at radius 1 is 0.295 bits per heavy atom. The molecule has 2 aliphatic carbocycles. The molecular formula is C60H38O. The van der Waals surface area contributed by atoms with Crippen LogP contribution in [-0.2, 0) is 10.8 Å². The smallest absolute Gasteiger partial charge is 0.132 e. The van der Waals surface area contributed by atoms with E-state index in [4.69, 9.17) is 4.74 Å². The molecule has 1 spiro atoms. The Hall–Kier alpha value is -7.74. The van der Waals surface area contributed by atoms with E-state index in [0.29, 0.717) is 0 Å². The van der Waals surface area contributed by atoms with E-state index in [1.54, 1.807) is 0 Å². The van der Waals surface area contributed by atoms with Crippen LogP contribution in [0.25, 0.3) is 55.3 Å². The fraction of sp³-hybridized carbons (Fsp3) is 0.0333. The molecule has 0 saturated heterocycles. The van der Waals surface area contributed by atoms with Gasteiger partial charge in [-0.2, -0.15) is 0 Å². The molecular weight excluding hydrogens is 737 g/mol. The molecule has 0 amide bonds. The third kappa shape index (κ3) is 4.55. The van der Waals surface area contributed by atoms with Crippen molar-refractivity contribution in [1.29, 1.82) is 0 Å². The zero-order valence-electron chi connectivity index (χ0n) is 33.3. The van der Waals surface area contributed by atoms with Gasteiger partial charge in [0, 0.05) is 11.1 Å². The Balaban J connectivity index is 1.03. The van der Waals surface area contributed by atoms with Gasteiger partial charge < -0.3 is 4.74 Å². The minimum Gasteiger partial charge on any atom is -0.457 e. The molecule has 1 heteroatoms. The number of para-hydroxylation sites is 1. The molecule has 3 aliphatic rings. The first-order valence-electron chi connectivity index (χ1n) is 21.3. The van der Waals surface area contributed by atoms with Gasteiger partial charge in [-0.15, -0.1) is 0 Å². The van der Waals surface area contributed by atoms with Crippen molar-refractivity contribution in [1.82, 2.24) is 0 Å². The van der Waals surface area contributed by atoms with Gasteiger partial charge in [0.25, 0.3) is 0 Å². The summed E-state index contributed by atoms with van der Waals surface area (Å²) in [6, 6.07) is 85.1. The van der Waals surface area contributed by atoms with Gasteiger partial charge in [0.15, 0.2) is 0 Å². The minimum absolute atomic E-state index is 0.445. The van der Waals surface area contributed by atoms with E-state index in [9.17, 15) is 0 Å². The topological polar surface area (TPSA) is 9.23 Å². The van der Waals surface area contributed by atoms with Crippen molar-refractivity contribution in [2.75, 3.05) is 0 Å². The lowest BCUT2D eigenvalue weighted by Crippen LogP contribution is -2.34. The number of hydrogen-bond acceptors (Lipinski definition) is 1. The van der Waals surface area contributed by atoms with E-state index in [0.717, 1.165) is 33.8 Å². The SMILES string of the molecule is c1ccc(C2(c3ccccc3)c3ccccc3Oc3ccc(-c4cccc(-c5cccc6c5-c5ccccc5C65c6ccccc6-c6ccc7ccccc7c65)c4)cc32)cc1. The molecule has 1 atom stereocenters. The molecule has 10 aromatic carbocycles. The van der Waals surface area contributed by atoms with E-state index in [1.165, 1.54) is 77.5 Å². The number of rotatable bonds is 4. The van der Waals surface area contributed by atoms with Crippen LogP contribution in [0.2, 0.25) is 0 Å². The predicted molar refractivity (Wildman–Crippen MR) is 250 cm³/mol. The molecule has 0 saturated carbocycles. The Morgan fingerprint density at radius 2 is 0.869 bits per heavy atom. The van der Waals surface area contributed by atoms with Gasteiger partial charge in [-0.05, 0) is 113 Å². The van der Waals surface area contributed by atoms with Gasteiger partial charge in [-0.3, -0.25) is 0 Å². The highest BCUT2D eigenvalue weighted by atomic mass is 16.5. The van der Waals surface area contributed by atoms with E-state index < -0.39 is 10.8 Å². The van der Waals surface area contributed by atoms with Crippen molar-refractivity contribution in [3.05, 3.63) is 275 Å². The quantitative estimate of drug-likeness (QED) is 0.173. The zero-order chi connectivity index (χ0) is 40.1. The molecule has 1 nitrogen and oxygen atoms in total. The molecule has 0 N–H and O–H groups in total. The number of fused-ring (bicyclic) bond motifs is 14.